The standard InChI is InChI=1S/C11H18N2O/c1-4-5-14-8-11-12-6-10(7-13-11)9(2)3/h6-7,9H,4-5,8H2,1-3H3. The van der Waals surface area contributed by atoms with E-state index >= 15 is 0 Å². The maximum atomic E-state index is 5.34. The van der Waals surface area contributed by atoms with Crippen LogP contribution in [0.5, 0.6) is 0 Å². The van der Waals surface area contributed by atoms with Crippen molar-refractivity contribution in [3.63, 3.8) is 0 Å². The Morgan fingerprint density at radius 1 is 1.29 bits per heavy atom. The highest BCUT2D eigenvalue weighted by Crippen LogP contribution is 2.10. The molecular weight excluding hydrogens is 176 g/mol. The third kappa shape index (κ3) is 3.42. The summed E-state index contributed by atoms with van der Waals surface area (Å²) in [5.74, 6) is 1.25. The summed E-state index contributed by atoms with van der Waals surface area (Å²) in [6.45, 7) is 7.64. The van der Waals surface area contributed by atoms with Gasteiger partial charge in [0.25, 0.3) is 0 Å². The summed E-state index contributed by atoms with van der Waals surface area (Å²) in [7, 11) is 0. The highest BCUT2D eigenvalue weighted by molar-refractivity contribution is 5.09. The van der Waals surface area contributed by atoms with E-state index in [9.17, 15) is 0 Å². The van der Waals surface area contributed by atoms with Crippen LogP contribution in [0.25, 0.3) is 0 Å². The van der Waals surface area contributed by atoms with Crippen LogP contribution >= 0.6 is 0 Å². The van der Waals surface area contributed by atoms with Crippen molar-refractivity contribution in [2.75, 3.05) is 6.61 Å². The second kappa shape index (κ2) is 5.70. The van der Waals surface area contributed by atoms with Crippen LogP contribution in [0.4, 0.5) is 0 Å². The minimum absolute atomic E-state index is 0.487. The minimum atomic E-state index is 0.487. The lowest BCUT2D eigenvalue weighted by Gasteiger charge is -2.05. The normalized spacial score (nSPS) is 10.9. The number of ether oxygens (including phenoxy) is 1. The van der Waals surface area contributed by atoms with Gasteiger partial charge in [-0.3, -0.25) is 0 Å². The molecule has 0 unspecified atom stereocenters. The Bertz CT molecular complexity index is 256. The SMILES string of the molecule is CCCOCc1ncc(C(C)C)cn1. The summed E-state index contributed by atoms with van der Waals surface area (Å²) in [5, 5.41) is 0. The van der Waals surface area contributed by atoms with Gasteiger partial charge >= 0.3 is 0 Å². The maximum Gasteiger partial charge on any atom is 0.153 e. The van der Waals surface area contributed by atoms with Gasteiger partial charge in [0.1, 0.15) is 6.61 Å². The van der Waals surface area contributed by atoms with Gasteiger partial charge in [0.2, 0.25) is 0 Å². The summed E-state index contributed by atoms with van der Waals surface area (Å²) < 4.78 is 5.34. The number of hydrogen-bond donors (Lipinski definition) is 0. The van der Waals surface area contributed by atoms with Crippen molar-refractivity contribution in [2.24, 2.45) is 0 Å². The highest BCUT2D eigenvalue weighted by Gasteiger charge is 2.01. The van der Waals surface area contributed by atoms with Crippen LogP contribution < -0.4 is 0 Å². The number of hydrogen-bond acceptors (Lipinski definition) is 3. The molecule has 3 heteroatoms. The Balaban J connectivity index is 2.47. The quantitative estimate of drug-likeness (QED) is 0.675. The van der Waals surface area contributed by atoms with Gasteiger partial charge in [0, 0.05) is 19.0 Å². The molecule has 78 valence electrons. The lowest BCUT2D eigenvalue weighted by Crippen LogP contribution is -2.01. The van der Waals surface area contributed by atoms with Gasteiger partial charge in [-0.1, -0.05) is 20.8 Å². The fourth-order valence-electron chi connectivity index (χ4n) is 1.05. The summed E-state index contributed by atoms with van der Waals surface area (Å²) in [5.41, 5.74) is 1.17. The Labute approximate surface area is 85.5 Å². The third-order valence-electron chi connectivity index (χ3n) is 1.97. The lowest BCUT2D eigenvalue weighted by atomic mass is 10.1. The molecule has 1 rings (SSSR count). The fourth-order valence-corrected chi connectivity index (χ4v) is 1.05. The summed E-state index contributed by atoms with van der Waals surface area (Å²) in [6, 6.07) is 0. The molecule has 1 aromatic heterocycles. The first-order valence-electron chi connectivity index (χ1n) is 5.12. The predicted octanol–water partition coefficient (Wildman–Crippen LogP) is 2.53. The van der Waals surface area contributed by atoms with E-state index in [1.165, 1.54) is 5.56 Å². The van der Waals surface area contributed by atoms with E-state index in [1.807, 2.05) is 12.4 Å². The average Bonchev–Trinajstić information content (AvgIpc) is 2.19. The van der Waals surface area contributed by atoms with Crippen molar-refractivity contribution in [1.29, 1.82) is 0 Å². The Morgan fingerprint density at radius 2 is 1.93 bits per heavy atom. The summed E-state index contributed by atoms with van der Waals surface area (Å²) in [4.78, 5) is 8.47. The molecule has 1 heterocycles. The summed E-state index contributed by atoms with van der Waals surface area (Å²) >= 11 is 0. The molecule has 0 saturated carbocycles. The summed E-state index contributed by atoms with van der Waals surface area (Å²) in [6.07, 6.45) is 4.79. The molecular formula is C11H18N2O. The van der Waals surface area contributed by atoms with Crippen molar-refractivity contribution in [3.05, 3.63) is 23.8 Å². The van der Waals surface area contributed by atoms with Gasteiger partial charge in [-0.05, 0) is 17.9 Å². The first-order valence-corrected chi connectivity index (χ1v) is 5.12. The van der Waals surface area contributed by atoms with Crippen LogP contribution in [-0.2, 0) is 11.3 Å². The largest absolute Gasteiger partial charge is 0.373 e. The van der Waals surface area contributed by atoms with Gasteiger partial charge in [-0.15, -0.1) is 0 Å². The van der Waals surface area contributed by atoms with Gasteiger partial charge in [-0.25, -0.2) is 9.97 Å². The van der Waals surface area contributed by atoms with Crippen LogP contribution in [0.1, 0.15) is 44.5 Å². The van der Waals surface area contributed by atoms with E-state index in [4.69, 9.17) is 4.74 Å². The Morgan fingerprint density at radius 3 is 2.43 bits per heavy atom. The maximum absolute atomic E-state index is 5.34. The van der Waals surface area contributed by atoms with Crippen LogP contribution in [0, 0.1) is 0 Å². The second-order valence-electron chi connectivity index (χ2n) is 3.64. The molecule has 0 saturated heterocycles. The van der Waals surface area contributed by atoms with Crippen LogP contribution in [0.15, 0.2) is 12.4 Å². The van der Waals surface area contributed by atoms with Gasteiger partial charge in [0.05, 0.1) is 0 Å². The zero-order valence-electron chi connectivity index (χ0n) is 9.16. The average molecular weight is 194 g/mol. The van der Waals surface area contributed by atoms with Gasteiger partial charge < -0.3 is 4.74 Å². The van der Waals surface area contributed by atoms with Crippen molar-refractivity contribution in [3.8, 4) is 0 Å². The third-order valence-corrected chi connectivity index (χ3v) is 1.97. The molecule has 0 spiro atoms. The molecule has 0 aromatic carbocycles. The Kier molecular flexibility index (Phi) is 4.53. The zero-order chi connectivity index (χ0) is 10.4. The topological polar surface area (TPSA) is 35.0 Å². The molecule has 0 amide bonds. The van der Waals surface area contributed by atoms with Gasteiger partial charge in [-0.2, -0.15) is 0 Å². The van der Waals surface area contributed by atoms with E-state index in [1.54, 1.807) is 0 Å². The first kappa shape index (κ1) is 11.1. The Hall–Kier alpha value is -0.960. The molecule has 0 aliphatic heterocycles. The number of aromatic nitrogens is 2. The smallest absolute Gasteiger partial charge is 0.153 e. The molecule has 0 radical (unpaired) electrons. The van der Waals surface area contributed by atoms with Crippen molar-refractivity contribution in [2.45, 2.75) is 39.7 Å². The van der Waals surface area contributed by atoms with E-state index in [-0.39, 0.29) is 0 Å². The van der Waals surface area contributed by atoms with Crippen LogP contribution in [0.3, 0.4) is 0 Å². The number of rotatable bonds is 5. The molecule has 0 bridgehead atoms. The predicted molar refractivity (Wildman–Crippen MR) is 56.1 cm³/mol. The van der Waals surface area contributed by atoms with Crippen molar-refractivity contribution in [1.82, 2.24) is 9.97 Å². The van der Waals surface area contributed by atoms with Crippen molar-refractivity contribution >= 4 is 0 Å². The molecule has 0 aliphatic carbocycles. The van der Waals surface area contributed by atoms with E-state index in [0.717, 1.165) is 18.9 Å². The zero-order valence-corrected chi connectivity index (χ0v) is 9.16. The van der Waals surface area contributed by atoms with E-state index in [0.29, 0.717) is 12.5 Å². The molecule has 0 fully saturated rings. The van der Waals surface area contributed by atoms with Crippen LogP contribution in [-0.4, -0.2) is 16.6 Å². The van der Waals surface area contributed by atoms with E-state index in [2.05, 4.69) is 30.7 Å². The molecule has 0 atom stereocenters. The van der Waals surface area contributed by atoms with Crippen molar-refractivity contribution < 1.29 is 4.74 Å². The second-order valence-corrected chi connectivity index (χ2v) is 3.64. The van der Waals surface area contributed by atoms with Crippen LogP contribution in [0.2, 0.25) is 0 Å². The highest BCUT2D eigenvalue weighted by atomic mass is 16.5. The molecule has 3 nitrogen and oxygen atoms in total. The number of nitrogens with zero attached hydrogens (tertiary/aromatic N) is 2. The molecule has 0 aliphatic rings. The monoisotopic (exact) mass is 194 g/mol. The van der Waals surface area contributed by atoms with Gasteiger partial charge in [0.15, 0.2) is 5.82 Å². The van der Waals surface area contributed by atoms with E-state index < -0.39 is 0 Å². The first-order chi connectivity index (χ1) is 6.74. The lowest BCUT2D eigenvalue weighted by molar-refractivity contribution is 0.116. The molecule has 1 aromatic rings. The molecule has 14 heavy (non-hydrogen) atoms. The fraction of sp³-hybridized carbons (Fsp3) is 0.636. The minimum Gasteiger partial charge on any atom is -0.373 e. The molecule has 0 N–H and O–H groups in total.